The Hall–Kier alpha value is -3.68. The summed E-state index contributed by atoms with van der Waals surface area (Å²) in [7, 11) is 4.30. The number of benzene rings is 2. The highest BCUT2D eigenvalue weighted by Gasteiger charge is 2.22. The number of phenols is 1. The van der Waals surface area contributed by atoms with Gasteiger partial charge >= 0.3 is 0 Å². The van der Waals surface area contributed by atoms with Gasteiger partial charge in [-0.25, -0.2) is 0 Å². The number of phenolic OH excluding ortho intramolecular Hbond substituents is 1. The number of anilines is 1. The lowest BCUT2D eigenvalue weighted by Gasteiger charge is -2.15. The topological polar surface area (TPSA) is 110 Å². The van der Waals surface area contributed by atoms with E-state index in [-0.39, 0.29) is 28.2 Å². The number of aromatic amines is 1. The minimum Gasteiger partial charge on any atom is -0.508 e. The van der Waals surface area contributed by atoms with Gasteiger partial charge in [-0.05, 0) is 12.1 Å². The van der Waals surface area contributed by atoms with Crippen molar-refractivity contribution in [1.82, 2.24) is 4.98 Å². The molecule has 0 saturated carbocycles. The quantitative estimate of drug-likeness (QED) is 0.637. The Bertz CT molecular complexity index is 1070. The summed E-state index contributed by atoms with van der Waals surface area (Å²) in [5.41, 5.74) is 0.151. The van der Waals surface area contributed by atoms with Gasteiger partial charge in [0.25, 0.3) is 5.91 Å². The number of aromatic hydroxyl groups is 1. The number of carbonyl (C=O) groups excluding carboxylic acids is 1. The maximum absolute atomic E-state index is 13.0. The van der Waals surface area contributed by atoms with Gasteiger partial charge in [-0.2, -0.15) is 0 Å². The summed E-state index contributed by atoms with van der Waals surface area (Å²) in [6.07, 6.45) is 1.31. The van der Waals surface area contributed by atoms with Crippen LogP contribution in [0, 0.1) is 0 Å². The molecule has 0 unspecified atom stereocenters. The standard InChI is InChI=1S/C19H18N2O6/c1-25-14-8-13-15(18(27-3)17(14)26-2)16(23)12(9-20-13)19(24)21-10-5-4-6-11(22)7-10/h4-9,22H,1-3H3,(H,20,23)(H,21,24). The van der Waals surface area contributed by atoms with Gasteiger partial charge in [-0.15, -0.1) is 0 Å². The number of fused-ring (bicyclic) bond motifs is 1. The Balaban J connectivity index is 2.14. The molecule has 27 heavy (non-hydrogen) atoms. The van der Waals surface area contributed by atoms with Gasteiger partial charge in [0.15, 0.2) is 11.5 Å². The highest BCUT2D eigenvalue weighted by Crippen LogP contribution is 2.41. The van der Waals surface area contributed by atoms with Crippen molar-refractivity contribution in [2.75, 3.05) is 26.6 Å². The predicted molar refractivity (Wildman–Crippen MR) is 100 cm³/mol. The first kappa shape index (κ1) is 18.1. The van der Waals surface area contributed by atoms with Gasteiger partial charge in [0, 0.05) is 24.0 Å². The number of hydrogen-bond acceptors (Lipinski definition) is 6. The van der Waals surface area contributed by atoms with Crippen molar-refractivity contribution in [2.45, 2.75) is 0 Å². The molecule has 2 aromatic carbocycles. The molecule has 0 aliphatic rings. The second-order valence-electron chi connectivity index (χ2n) is 5.60. The summed E-state index contributed by atoms with van der Waals surface area (Å²) in [4.78, 5) is 28.4. The molecule has 8 nitrogen and oxygen atoms in total. The minimum atomic E-state index is -0.624. The van der Waals surface area contributed by atoms with Crippen LogP contribution in [0.4, 0.5) is 5.69 Å². The van der Waals surface area contributed by atoms with Gasteiger partial charge < -0.3 is 29.6 Å². The Kier molecular flexibility index (Phi) is 4.89. The summed E-state index contributed by atoms with van der Waals surface area (Å²) < 4.78 is 15.9. The van der Waals surface area contributed by atoms with Crippen LogP contribution in [0.5, 0.6) is 23.0 Å². The van der Waals surface area contributed by atoms with E-state index in [1.54, 1.807) is 18.2 Å². The molecule has 0 aliphatic carbocycles. The van der Waals surface area contributed by atoms with E-state index < -0.39 is 11.3 Å². The van der Waals surface area contributed by atoms with E-state index in [1.807, 2.05) is 0 Å². The van der Waals surface area contributed by atoms with Crippen molar-refractivity contribution in [3.05, 3.63) is 52.3 Å². The van der Waals surface area contributed by atoms with E-state index in [0.717, 1.165) is 0 Å². The molecule has 0 radical (unpaired) electrons. The Labute approximate surface area is 154 Å². The zero-order chi connectivity index (χ0) is 19.6. The van der Waals surface area contributed by atoms with E-state index in [2.05, 4.69) is 10.3 Å². The monoisotopic (exact) mass is 370 g/mol. The molecule has 0 bridgehead atoms. The number of H-pyrrole nitrogens is 1. The first-order chi connectivity index (χ1) is 13.0. The zero-order valence-electron chi connectivity index (χ0n) is 15.0. The summed E-state index contributed by atoms with van der Waals surface area (Å²) in [6, 6.07) is 7.62. The lowest BCUT2D eigenvalue weighted by atomic mass is 10.1. The molecule has 0 saturated heterocycles. The molecular formula is C19H18N2O6. The number of hydrogen-bond donors (Lipinski definition) is 3. The first-order valence-corrected chi connectivity index (χ1v) is 7.95. The van der Waals surface area contributed by atoms with Crippen LogP contribution in [0.25, 0.3) is 10.9 Å². The van der Waals surface area contributed by atoms with Gasteiger partial charge in [-0.3, -0.25) is 9.59 Å². The number of rotatable bonds is 5. The molecule has 8 heteroatoms. The Morgan fingerprint density at radius 2 is 1.81 bits per heavy atom. The highest BCUT2D eigenvalue weighted by atomic mass is 16.5. The number of nitrogens with one attached hydrogen (secondary N) is 2. The molecule has 1 heterocycles. The molecule has 3 rings (SSSR count). The summed E-state index contributed by atoms with van der Waals surface area (Å²) in [5.74, 6) is 0.178. The fraction of sp³-hybridized carbons (Fsp3) is 0.158. The molecule has 0 atom stereocenters. The molecule has 0 fully saturated rings. The van der Waals surface area contributed by atoms with Crippen LogP contribution >= 0.6 is 0 Å². The summed E-state index contributed by atoms with van der Waals surface area (Å²) in [5, 5.41) is 12.2. The SMILES string of the molecule is COc1cc2[nH]cc(C(=O)Nc3cccc(O)c3)c(=O)c2c(OC)c1OC. The minimum absolute atomic E-state index is 0.00118. The van der Waals surface area contributed by atoms with Crippen molar-refractivity contribution < 1.29 is 24.1 Å². The van der Waals surface area contributed by atoms with Gasteiger partial charge in [0.2, 0.25) is 11.2 Å². The molecule has 3 aromatic rings. The lowest BCUT2D eigenvalue weighted by molar-refractivity contribution is 0.102. The first-order valence-electron chi connectivity index (χ1n) is 7.95. The van der Waals surface area contributed by atoms with E-state index in [9.17, 15) is 14.7 Å². The number of methoxy groups -OCH3 is 3. The summed E-state index contributed by atoms with van der Waals surface area (Å²) in [6.45, 7) is 0. The third-order valence-electron chi connectivity index (χ3n) is 4.02. The van der Waals surface area contributed by atoms with E-state index in [1.165, 1.54) is 39.7 Å². The molecule has 0 spiro atoms. The maximum Gasteiger partial charge on any atom is 0.261 e. The average molecular weight is 370 g/mol. The van der Waals surface area contributed by atoms with Crippen LogP contribution in [0.3, 0.4) is 0 Å². The van der Waals surface area contributed by atoms with Crippen LogP contribution < -0.4 is 25.0 Å². The lowest BCUT2D eigenvalue weighted by Crippen LogP contribution is -2.22. The van der Waals surface area contributed by atoms with Crippen molar-refractivity contribution >= 4 is 22.5 Å². The van der Waals surface area contributed by atoms with Gasteiger partial charge in [0.05, 0.1) is 32.2 Å². The number of carbonyl (C=O) groups is 1. The third-order valence-corrected chi connectivity index (χ3v) is 4.02. The van der Waals surface area contributed by atoms with Crippen molar-refractivity contribution in [1.29, 1.82) is 0 Å². The molecule has 3 N–H and O–H groups in total. The fourth-order valence-corrected chi connectivity index (χ4v) is 2.80. The fourth-order valence-electron chi connectivity index (χ4n) is 2.80. The van der Waals surface area contributed by atoms with Crippen LogP contribution in [-0.2, 0) is 0 Å². The van der Waals surface area contributed by atoms with Crippen LogP contribution in [0.1, 0.15) is 10.4 Å². The number of amides is 1. The predicted octanol–water partition coefficient (Wildman–Crippen LogP) is 2.51. The van der Waals surface area contributed by atoms with E-state index >= 15 is 0 Å². The largest absolute Gasteiger partial charge is 0.508 e. The van der Waals surface area contributed by atoms with Gasteiger partial charge in [0.1, 0.15) is 11.3 Å². The van der Waals surface area contributed by atoms with Crippen LogP contribution in [0.15, 0.2) is 41.3 Å². The van der Waals surface area contributed by atoms with Crippen molar-refractivity contribution in [3.63, 3.8) is 0 Å². The number of aromatic nitrogens is 1. The van der Waals surface area contributed by atoms with Gasteiger partial charge in [-0.1, -0.05) is 6.07 Å². The van der Waals surface area contributed by atoms with E-state index in [4.69, 9.17) is 14.2 Å². The molecule has 0 aliphatic heterocycles. The summed E-state index contributed by atoms with van der Waals surface area (Å²) >= 11 is 0. The molecule has 1 aromatic heterocycles. The van der Waals surface area contributed by atoms with Crippen LogP contribution in [0.2, 0.25) is 0 Å². The Morgan fingerprint density at radius 3 is 2.44 bits per heavy atom. The number of pyridine rings is 1. The third kappa shape index (κ3) is 3.24. The molecular weight excluding hydrogens is 352 g/mol. The highest BCUT2D eigenvalue weighted by molar-refractivity contribution is 6.06. The molecule has 1 amide bonds. The van der Waals surface area contributed by atoms with Crippen molar-refractivity contribution in [3.8, 4) is 23.0 Å². The second kappa shape index (κ2) is 7.28. The van der Waals surface area contributed by atoms with Crippen LogP contribution in [-0.4, -0.2) is 37.3 Å². The second-order valence-corrected chi connectivity index (χ2v) is 5.60. The average Bonchev–Trinajstić information content (AvgIpc) is 2.66. The molecule has 140 valence electrons. The Morgan fingerprint density at radius 1 is 1.07 bits per heavy atom. The normalized spacial score (nSPS) is 10.5. The van der Waals surface area contributed by atoms with E-state index in [0.29, 0.717) is 17.0 Å². The zero-order valence-corrected chi connectivity index (χ0v) is 15.0. The number of ether oxygens (including phenoxy) is 3. The van der Waals surface area contributed by atoms with Crippen molar-refractivity contribution in [2.24, 2.45) is 0 Å². The maximum atomic E-state index is 13.0. The smallest absolute Gasteiger partial charge is 0.261 e.